The van der Waals surface area contributed by atoms with E-state index in [1.54, 1.807) is 0 Å². The highest BCUT2D eigenvalue weighted by Gasteiger charge is 2.31. The average Bonchev–Trinajstić information content (AvgIpc) is 2.74. The Labute approximate surface area is 100 Å². The molecule has 0 radical (unpaired) electrons. The van der Waals surface area contributed by atoms with Crippen molar-refractivity contribution < 1.29 is 0 Å². The van der Waals surface area contributed by atoms with Crippen LogP contribution in [0.3, 0.4) is 0 Å². The van der Waals surface area contributed by atoms with E-state index in [4.69, 9.17) is 0 Å². The maximum absolute atomic E-state index is 3.51. The summed E-state index contributed by atoms with van der Waals surface area (Å²) in [5.74, 6) is 1.99. The van der Waals surface area contributed by atoms with Crippen molar-refractivity contribution in [2.75, 3.05) is 26.7 Å². The van der Waals surface area contributed by atoms with Crippen LogP contribution in [0.2, 0.25) is 0 Å². The molecule has 0 aliphatic heterocycles. The predicted molar refractivity (Wildman–Crippen MR) is 67.8 cm³/mol. The van der Waals surface area contributed by atoms with E-state index in [1.807, 2.05) is 7.05 Å². The highest BCUT2D eigenvalue weighted by atomic mass is 35.5. The molecule has 14 heavy (non-hydrogen) atoms. The number of halogens is 2. The Morgan fingerprint density at radius 2 is 1.71 bits per heavy atom. The SMILES string of the molecule is CNCCCCNCC1CC1C.Cl.Cl. The molecular weight excluding hydrogens is 219 g/mol. The van der Waals surface area contributed by atoms with E-state index in [0.29, 0.717) is 0 Å². The standard InChI is InChI=1S/C10H22N2.2ClH/c1-9-7-10(9)8-12-6-4-3-5-11-2;;/h9-12H,3-8H2,1-2H3;2*1H. The van der Waals surface area contributed by atoms with E-state index < -0.39 is 0 Å². The Balaban J connectivity index is 0. The van der Waals surface area contributed by atoms with Gasteiger partial charge in [-0.2, -0.15) is 0 Å². The first kappa shape index (κ1) is 16.9. The number of hydrogen-bond acceptors (Lipinski definition) is 2. The summed E-state index contributed by atoms with van der Waals surface area (Å²) in [5, 5.41) is 6.67. The average molecular weight is 243 g/mol. The van der Waals surface area contributed by atoms with Crippen LogP contribution in [0.4, 0.5) is 0 Å². The van der Waals surface area contributed by atoms with Crippen molar-refractivity contribution >= 4 is 24.8 Å². The van der Waals surface area contributed by atoms with Crippen LogP contribution in [0.5, 0.6) is 0 Å². The molecule has 88 valence electrons. The van der Waals surface area contributed by atoms with Gasteiger partial charge in [-0.25, -0.2) is 0 Å². The monoisotopic (exact) mass is 242 g/mol. The van der Waals surface area contributed by atoms with Crippen molar-refractivity contribution in [3.8, 4) is 0 Å². The fourth-order valence-corrected chi connectivity index (χ4v) is 1.52. The zero-order valence-electron chi connectivity index (χ0n) is 9.21. The molecule has 1 aliphatic rings. The highest BCUT2D eigenvalue weighted by molar-refractivity contribution is 5.85. The van der Waals surface area contributed by atoms with Gasteiger partial charge in [-0.1, -0.05) is 6.92 Å². The first-order chi connectivity index (χ1) is 5.84. The summed E-state index contributed by atoms with van der Waals surface area (Å²) in [4.78, 5) is 0. The molecule has 1 fully saturated rings. The van der Waals surface area contributed by atoms with Gasteiger partial charge in [0.05, 0.1) is 0 Å². The molecule has 0 amide bonds. The second kappa shape index (κ2) is 10.0. The maximum atomic E-state index is 3.51. The lowest BCUT2D eigenvalue weighted by atomic mass is 10.3. The maximum Gasteiger partial charge on any atom is -0.00179 e. The van der Waals surface area contributed by atoms with E-state index in [9.17, 15) is 0 Å². The summed E-state index contributed by atoms with van der Waals surface area (Å²) in [6, 6.07) is 0. The molecule has 4 heteroatoms. The van der Waals surface area contributed by atoms with Crippen LogP contribution in [0, 0.1) is 11.8 Å². The van der Waals surface area contributed by atoms with E-state index in [2.05, 4.69) is 17.6 Å². The van der Waals surface area contributed by atoms with Crippen molar-refractivity contribution in [2.45, 2.75) is 26.2 Å². The molecule has 1 saturated carbocycles. The first-order valence-corrected chi connectivity index (χ1v) is 5.20. The largest absolute Gasteiger partial charge is 0.320 e. The lowest BCUT2D eigenvalue weighted by Gasteiger charge is -2.02. The van der Waals surface area contributed by atoms with E-state index in [-0.39, 0.29) is 24.8 Å². The van der Waals surface area contributed by atoms with Crippen LogP contribution >= 0.6 is 24.8 Å². The van der Waals surface area contributed by atoms with E-state index in [0.717, 1.165) is 18.4 Å². The summed E-state index contributed by atoms with van der Waals surface area (Å²) in [5.41, 5.74) is 0. The van der Waals surface area contributed by atoms with Gasteiger partial charge in [0, 0.05) is 0 Å². The summed E-state index contributed by atoms with van der Waals surface area (Å²) in [6.45, 7) is 5.94. The quantitative estimate of drug-likeness (QED) is 0.669. The summed E-state index contributed by atoms with van der Waals surface area (Å²) < 4.78 is 0. The van der Waals surface area contributed by atoms with Crippen molar-refractivity contribution in [3.63, 3.8) is 0 Å². The molecular formula is C10H24Cl2N2. The minimum Gasteiger partial charge on any atom is -0.320 e. The number of rotatable bonds is 7. The fourth-order valence-electron chi connectivity index (χ4n) is 1.52. The third-order valence-electron chi connectivity index (χ3n) is 2.71. The van der Waals surface area contributed by atoms with Gasteiger partial charge < -0.3 is 10.6 Å². The molecule has 0 aromatic carbocycles. The first-order valence-electron chi connectivity index (χ1n) is 5.20. The molecule has 0 spiro atoms. The Hall–Kier alpha value is 0.500. The minimum atomic E-state index is 0. The third kappa shape index (κ3) is 7.86. The molecule has 2 nitrogen and oxygen atoms in total. The third-order valence-corrected chi connectivity index (χ3v) is 2.71. The topological polar surface area (TPSA) is 24.1 Å². The molecule has 0 bridgehead atoms. The minimum absolute atomic E-state index is 0. The van der Waals surface area contributed by atoms with Crippen LogP contribution in [-0.2, 0) is 0 Å². The van der Waals surface area contributed by atoms with Gasteiger partial charge >= 0.3 is 0 Å². The zero-order chi connectivity index (χ0) is 8.81. The van der Waals surface area contributed by atoms with Crippen LogP contribution in [0.25, 0.3) is 0 Å². The van der Waals surface area contributed by atoms with E-state index in [1.165, 1.54) is 32.4 Å². The molecule has 2 unspecified atom stereocenters. The Bertz CT molecular complexity index is 123. The van der Waals surface area contributed by atoms with Gasteiger partial charge in [0.25, 0.3) is 0 Å². The molecule has 0 heterocycles. The van der Waals surface area contributed by atoms with Gasteiger partial charge in [-0.15, -0.1) is 24.8 Å². The van der Waals surface area contributed by atoms with E-state index >= 15 is 0 Å². The molecule has 0 aromatic heterocycles. The lowest BCUT2D eigenvalue weighted by molar-refractivity contribution is 0.571. The summed E-state index contributed by atoms with van der Waals surface area (Å²) >= 11 is 0. The van der Waals surface area contributed by atoms with Gasteiger partial charge in [0.15, 0.2) is 0 Å². The zero-order valence-corrected chi connectivity index (χ0v) is 10.8. The van der Waals surface area contributed by atoms with Gasteiger partial charge in [-0.05, 0) is 57.8 Å². The molecule has 2 atom stereocenters. The van der Waals surface area contributed by atoms with Gasteiger partial charge in [-0.3, -0.25) is 0 Å². The van der Waals surface area contributed by atoms with Crippen LogP contribution in [0.15, 0.2) is 0 Å². The number of unbranched alkanes of at least 4 members (excludes halogenated alkanes) is 1. The number of hydrogen-bond donors (Lipinski definition) is 2. The molecule has 2 N–H and O–H groups in total. The Kier molecular flexibility index (Phi) is 12.1. The van der Waals surface area contributed by atoms with Gasteiger partial charge in [0.1, 0.15) is 0 Å². The van der Waals surface area contributed by atoms with Crippen molar-refractivity contribution in [1.29, 1.82) is 0 Å². The summed E-state index contributed by atoms with van der Waals surface area (Å²) in [7, 11) is 2.01. The van der Waals surface area contributed by atoms with Crippen LogP contribution < -0.4 is 10.6 Å². The van der Waals surface area contributed by atoms with Crippen molar-refractivity contribution in [2.24, 2.45) is 11.8 Å². The van der Waals surface area contributed by atoms with Crippen molar-refractivity contribution in [1.82, 2.24) is 10.6 Å². The van der Waals surface area contributed by atoms with Crippen LogP contribution in [0.1, 0.15) is 26.2 Å². The number of nitrogens with one attached hydrogen (secondary N) is 2. The lowest BCUT2D eigenvalue weighted by Crippen LogP contribution is -2.19. The van der Waals surface area contributed by atoms with Gasteiger partial charge in [0.2, 0.25) is 0 Å². The second-order valence-electron chi connectivity index (χ2n) is 3.99. The van der Waals surface area contributed by atoms with Crippen LogP contribution in [-0.4, -0.2) is 26.7 Å². The normalized spacial score (nSPS) is 23.6. The molecule has 0 saturated heterocycles. The second-order valence-corrected chi connectivity index (χ2v) is 3.99. The van der Waals surface area contributed by atoms with Crippen molar-refractivity contribution in [3.05, 3.63) is 0 Å². The predicted octanol–water partition coefficient (Wildman–Crippen LogP) is 2.08. The Morgan fingerprint density at radius 1 is 1.14 bits per heavy atom. The summed E-state index contributed by atoms with van der Waals surface area (Å²) in [6.07, 6.45) is 4.05. The molecule has 0 aromatic rings. The fraction of sp³-hybridized carbons (Fsp3) is 1.00. The highest BCUT2D eigenvalue weighted by Crippen LogP contribution is 2.36. The Morgan fingerprint density at radius 3 is 2.21 bits per heavy atom. The molecule has 1 aliphatic carbocycles. The molecule has 1 rings (SSSR count). The smallest absolute Gasteiger partial charge is 0.00179 e.